The quantitative estimate of drug-likeness (QED) is 0.745. The summed E-state index contributed by atoms with van der Waals surface area (Å²) in [5.41, 5.74) is 0. The monoisotopic (exact) mass is 236 g/mol. The highest BCUT2D eigenvalue weighted by Crippen LogP contribution is 2.44. The molecule has 0 rings (SSSR count). The maximum absolute atomic E-state index is 11.7. The summed E-state index contributed by atoms with van der Waals surface area (Å²) in [7, 11) is 0. The second kappa shape index (κ2) is 3.87. The molecule has 0 aromatic heterocycles. The zero-order valence-corrected chi connectivity index (χ0v) is 6.52. The van der Waals surface area contributed by atoms with Crippen molar-refractivity contribution < 1.29 is 35.8 Å². The lowest BCUT2D eigenvalue weighted by molar-refractivity contribution is -0.385. The molecule has 0 amide bonds. The van der Waals surface area contributed by atoms with Crippen molar-refractivity contribution in [1.82, 2.24) is 0 Å². The van der Waals surface area contributed by atoms with Crippen molar-refractivity contribution in [2.24, 2.45) is 0 Å². The lowest BCUT2D eigenvalue weighted by Crippen LogP contribution is -2.55. The van der Waals surface area contributed by atoms with Crippen LogP contribution in [0.5, 0.6) is 0 Å². The molecule has 0 aromatic carbocycles. The van der Waals surface area contributed by atoms with Gasteiger partial charge in [0.15, 0.2) is 6.67 Å². The van der Waals surface area contributed by atoms with Crippen LogP contribution in [0.25, 0.3) is 0 Å². The largest absolute Gasteiger partial charge is 0.423 e. The van der Waals surface area contributed by atoms with E-state index < -0.39 is 24.6 Å². The molecular formula is C4H4ClF7O. The van der Waals surface area contributed by atoms with Gasteiger partial charge in [0.05, 0.1) is 0 Å². The zero-order chi connectivity index (χ0) is 10.2. The van der Waals surface area contributed by atoms with Crippen molar-refractivity contribution in [3.63, 3.8) is 0 Å². The van der Waals surface area contributed by atoms with E-state index in [4.69, 9.17) is 5.11 Å². The molecule has 0 aliphatic rings. The first-order valence-corrected chi connectivity index (χ1v) is 2.48. The van der Waals surface area contributed by atoms with E-state index >= 15 is 0 Å². The first-order valence-electron chi connectivity index (χ1n) is 2.48. The van der Waals surface area contributed by atoms with Crippen LogP contribution in [0.2, 0.25) is 0 Å². The summed E-state index contributed by atoms with van der Waals surface area (Å²) in [4.78, 5) is 0. The summed E-state index contributed by atoms with van der Waals surface area (Å²) in [6.07, 6.45) is -5.94. The van der Waals surface area contributed by atoms with Gasteiger partial charge in [0.1, 0.15) is 0 Å². The number of hydrogen-bond donors (Lipinski definition) is 1. The second-order valence-electron chi connectivity index (χ2n) is 1.95. The van der Waals surface area contributed by atoms with Gasteiger partial charge in [-0.2, -0.15) is 26.3 Å². The Labute approximate surface area is 73.9 Å². The van der Waals surface area contributed by atoms with Crippen LogP contribution in [0.3, 0.4) is 0 Å². The van der Waals surface area contributed by atoms with Gasteiger partial charge in [0.25, 0.3) is 0 Å². The Bertz CT molecular complexity index is 164. The minimum Gasteiger partial charge on any atom is -0.331 e. The van der Waals surface area contributed by atoms with Gasteiger partial charge in [-0.3, -0.25) is 0 Å². The Balaban J connectivity index is 0. The second-order valence-corrected chi connectivity index (χ2v) is 1.95. The van der Waals surface area contributed by atoms with Crippen LogP contribution in [0.15, 0.2) is 0 Å². The highest BCUT2D eigenvalue weighted by atomic mass is 35.5. The minimum absolute atomic E-state index is 0. The SMILES string of the molecule is Cl.OC(F)(F)C(F)(F)C(F)(F)CF. The molecule has 9 heteroatoms. The van der Waals surface area contributed by atoms with E-state index in [0.29, 0.717) is 0 Å². The molecule has 0 aliphatic carbocycles. The number of rotatable bonds is 3. The molecule has 13 heavy (non-hydrogen) atoms. The number of hydrogen-bond acceptors (Lipinski definition) is 1. The first-order chi connectivity index (χ1) is 5.06. The Morgan fingerprint density at radius 3 is 1.31 bits per heavy atom. The predicted octanol–water partition coefficient (Wildman–Crippen LogP) is 2.23. The summed E-state index contributed by atoms with van der Waals surface area (Å²) in [5, 5.41) is 7.28. The normalized spacial score (nSPS) is 13.8. The molecule has 1 nitrogen and oxygen atoms in total. The summed E-state index contributed by atoms with van der Waals surface area (Å²) < 4.78 is 80.6. The molecule has 0 heterocycles. The maximum Gasteiger partial charge on any atom is 0.423 e. The highest BCUT2D eigenvalue weighted by molar-refractivity contribution is 5.85. The van der Waals surface area contributed by atoms with E-state index in [0.717, 1.165) is 0 Å². The third-order valence-electron chi connectivity index (χ3n) is 1.00. The molecule has 0 aliphatic heterocycles. The van der Waals surface area contributed by atoms with Crippen LogP contribution in [0.4, 0.5) is 30.7 Å². The van der Waals surface area contributed by atoms with Crippen LogP contribution in [-0.2, 0) is 0 Å². The maximum atomic E-state index is 11.7. The zero-order valence-electron chi connectivity index (χ0n) is 5.71. The Kier molecular flexibility index (Phi) is 4.54. The standard InChI is InChI=1S/C4H3F7O.ClH/c5-1-2(6,7)3(8,9)4(10,11)12;/h12H,1H2;1H. The van der Waals surface area contributed by atoms with Crippen LogP contribution in [0.1, 0.15) is 0 Å². The van der Waals surface area contributed by atoms with Gasteiger partial charge in [-0.25, -0.2) is 4.39 Å². The summed E-state index contributed by atoms with van der Waals surface area (Å²) in [6.45, 7) is -2.98. The van der Waals surface area contributed by atoms with Crippen LogP contribution >= 0.6 is 12.4 Å². The fourth-order valence-corrected chi connectivity index (χ4v) is 0.304. The molecule has 0 spiro atoms. The van der Waals surface area contributed by atoms with Gasteiger partial charge in [-0.1, -0.05) is 0 Å². The lowest BCUT2D eigenvalue weighted by Gasteiger charge is -2.27. The fourth-order valence-electron chi connectivity index (χ4n) is 0.304. The Morgan fingerprint density at radius 2 is 1.23 bits per heavy atom. The smallest absolute Gasteiger partial charge is 0.331 e. The van der Waals surface area contributed by atoms with Crippen molar-refractivity contribution in [3.8, 4) is 0 Å². The van der Waals surface area contributed by atoms with Gasteiger partial charge < -0.3 is 5.11 Å². The molecule has 0 fully saturated rings. The molecule has 0 aromatic rings. The molecule has 0 bridgehead atoms. The first kappa shape index (κ1) is 15.2. The summed E-state index contributed by atoms with van der Waals surface area (Å²) in [5.74, 6) is -11.7. The highest BCUT2D eigenvalue weighted by Gasteiger charge is 2.71. The number of aliphatic hydroxyl groups is 1. The molecule has 82 valence electrons. The molecule has 0 saturated heterocycles. The number of alkyl halides is 7. The van der Waals surface area contributed by atoms with Crippen molar-refractivity contribution >= 4 is 12.4 Å². The topological polar surface area (TPSA) is 20.2 Å². The van der Waals surface area contributed by atoms with E-state index in [2.05, 4.69) is 0 Å². The molecule has 0 atom stereocenters. The van der Waals surface area contributed by atoms with E-state index in [1.165, 1.54) is 0 Å². The Hall–Kier alpha value is -0.240. The predicted molar refractivity (Wildman–Crippen MR) is 30.3 cm³/mol. The average Bonchev–Trinajstić information content (AvgIpc) is 1.85. The van der Waals surface area contributed by atoms with Gasteiger partial charge in [0, 0.05) is 0 Å². The van der Waals surface area contributed by atoms with E-state index in [9.17, 15) is 30.7 Å². The van der Waals surface area contributed by atoms with E-state index in [1.54, 1.807) is 0 Å². The molecule has 0 saturated carbocycles. The van der Waals surface area contributed by atoms with Crippen LogP contribution in [-0.4, -0.2) is 29.7 Å². The van der Waals surface area contributed by atoms with Crippen LogP contribution < -0.4 is 0 Å². The van der Waals surface area contributed by atoms with Crippen LogP contribution in [0, 0.1) is 0 Å². The minimum atomic E-state index is -6.10. The van der Waals surface area contributed by atoms with E-state index in [-0.39, 0.29) is 12.4 Å². The summed E-state index contributed by atoms with van der Waals surface area (Å²) >= 11 is 0. The van der Waals surface area contributed by atoms with Crippen molar-refractivity contribution in [2.75, 3.05) is 6.67 Å². The molecular weight excluding hydrogens is 232 g/mol. The summed E-state index contributed by atoms with van der Waals surface area (Å²) in [6, 6.07) is 0. The molecule has 0 radical (unpaired) electrons. The van der Waals surface area contributed by atoms with Crippen molar-refractivity contribution in [3.05, 3.63) is 0 Å². The van der Waals surface area contributed by atoms with Gasteiger partial charge >= 0.3 is 18.0 Å². The fraction of sp³-hybridized carbons (Fsp3) is 1.00. The van der Waals surface area contributed by atoms with Gasteiger partial charge in [0.2, 0.25) is 0 Å². The average molecular weight is 237 g/mol. The molecule has 0 unspecified atom stereocenters. The van der Waals surface area contributed by atoms with Gasteiger partial charge in [-0.15, -0.1) is 12.4 Å². The van der Waals surface area contributed by atoms with Crippen molar-refractivity contribution in [2.45, 2.75) is 18.0 Å². The Morgan fingerprint density at radius 1 is 0.923 bits per heavy atom. The third-order valence-corrected chi connectivity index (χ3v) is 1.00. The molecule has 1 N–H and O–H groups in total. The van der Waals surface area contributed by atoms with Crippen molar-refractivity contribution in [1.29, 1.82) is 0 Å². The van der Waals surface area contributed by atoms with Gasteiger partial charge in [-0.05, 0) is 0 Å². The lowest BCUT2D eigenvalue weighted by atomic mass is 10.2. The third kappa shape index (κ3) is 2.60. The number of halogens is 8. The van der Waals surface area contributed by atoms with E-state index in [1.807, 2.05) is 0 Å².